The van der Waals surface area contributed by atoms with Crippen molar-refractivity contribution in [2.45, 2.75) is 154 Å². The summed E-state index contributed by atoms with van der Waals surface area (Å²) in [5, 5.41) is 40.2. The second-order valence-corrected chi connectivity index (χ2v) is 21.5. The normalized spacial score (nSPS) is 14.3. The Hall–Kier alpha value is -8.94. The molecule has 0 heterocycles. The van der Waals surface area contributed by atoms with E-state index in [4.69, 9.17) is 22.9 Å². The molecule has 3 aromatic rings. The van der Waals surface area contributed by atoms with Crippen LogP contribution in [0.25, 0.3) is 0 Å². The van der Waals surface area contributed by atoms with Crippen molar-refractivity contribution in [2.24, 2.45) is 45.7 Å². The maximum atomic E-state index is 14.5. The minimum absolute atomic E-state index is 0.0420. The van der Waals surface area contributed by atoms with Gasteiger partial charge in [-0.25, -0.2) is 4.79 Å². The number of carboxylic acids is 2. The molecule has 18 N–H and O–H groups in total. The number of rotatable bonds is 36. The number of carboxylic acid groups (broad SMARTS) is 2. The zero-order valence-corrected chi connectivity index (χ0v) is 48.3. The van der Waals surface area contributed by atoms with Crippen molar-refractivity contribution in [3.8, 4) is 0 Å². The molecule has 84 heavy (non-hydrogen) atoms. The number of aliphatic carboxylic acids is 2. The first-order chi connectivity index (χ1) is 39.6. The predicted molar refractivity (Wildman–Crippen MR) is 311 cm³/mol. The van der Waals surface area contributed by atoms with Crippen LogP contribution >= 0.6 is 0 Å². The van der Waals surface area contributed by atoms with Gasteiger partial charge in [0.15, 0.2) is 5.96 Å². The number of carbonyl (C=O) groups is 11. The molecule has 26 nitrogen and oxygen atoms in total. The van der Waals surface area contributed by atoms with Crippen LogP contribution in [0.1, 0.15) is 96.8 Å². The molecule has 0 aliphatic carbocycles. The fraction of sp³-hybridized carbons (Fsp3) is 0.483. The van der Waals surface area contributed by atoms with Crippen LogP contribution in [-0.4, -0.2) is 142 Å². The average Bonchev–Trinajstić information content (AvgIpc) is 3.55. The lowest BCUT2D eigenvalue weighted by atomic mass is 9.99. The van der Waals surface area contributed by atoms with Crippen LogP contribution in [0.3, 0.4) is 0 Å². The minimum Gasteiger partial charge on any atom is -0.481 e. The van der Waals surface area contributed by atoms with E-state index in [-0.39, 0.29) is 56.9 Å². The molecule has 0 radical (unpaired) electrons. The van der Waals surface area contributed by atoms with Gasteiger partial charge in [0.25, 0.3) is 0 Å². The summed E-state index contributed by atoms with van der Waals surface area (Å²) in [7, 11) is 0. The number of primary amides is 1. The summed E-state index contributed by atoms with van der Waals surface area (Å²) in [6.45, 7) is 9.90. The van der Waals surface area contributed by atoms with Gasteiger partial charge in [0.2, 0.25) is 53.2 Å². The fourth-order valence-electron chi connectivity index (χ4n) is 8.68. The number of hydrogen-bond acceptors (Lipinski definition) is 13. The first-order valence-corrected chi connectivity index (χ1v) is 27.7. The van der Waals surface area contributed by atoms with E-state index in [9.17, 15) is 63.0 Å². The van der Waals surface area contributed by atoms with E-state index in [0.717, 1.165) is 5.56 Å². The van der Waals surface area contributed by atoms with Crippen LogP contribution in [0.2, 0.25) is 0 Å². The van der Waals surface area contributed by atoms with Crippen molar-refractivity contribution in [3.05, 3.63) is 108 Å². The Labute approximate surface area is 488 Å². The Bertz CT molecular complexity index is 2730. The first kappa shape index (κ1) is 69.3. The highest BCUT2D eigenvalue weighted by Crippen LogP contribution is 2.14. The summed E-state index contributed by atoms with van der Waals surface area (Å²) in [6.07, 6.45) is -2.15. The number of benzene rings is 3. The van der Waals surface area contributed by atoms with Gasteiger partial charge in [0.05, 0.1) is 12.5 Å². The average molecular weight is 1170 g/mol. The number of guanidine groups is 1. The summed E-state index contributed by atoms with van der Waals surface area (Å²) in [5.74, 6) is -12.8. The second-order valence-electron chi connectivity index (χ2n) is 21.5. The number of amides is 9. The van der Waals surface area contributed by atoms with Crippen LogP contribution in [-0.2, 0) is 72.0 Å². The number of nitrogens with one attached hydrogen (secondary N) is 8. The van der Waals surface area contributed by atoms with Gasteiger partial charge in [-0.2, -0.15) is 0 Å². The molecular formula is C58H83N13O13. The van der Waals surface area contributed by atoms with Crippen molar-refractivity contribution < 1.29 is 63.0 Å². The van der Waals surface area contributed by atoms with Gasteiger partial charge in [-0.1, -0.05) is 133 Å². The molecule has 0 aliphatic rings. The molecule has 3 aromatic carbocycles. The molecule has 0 saturated heterocycles. The van der Waals surface area contributed by atoms with E-state index in [0.29, 0.717) is 11.1 Å². The molecule has 0 aliphatic heterocycles. The van der Waals surface area contributed by atoms with Crippen LogP contribution in [0.4, 0.5) is 0 Å². The molecule has 0 aromatic heterocycles. The maximum Gasteiger partial charge on any atom is 0.326 e. The molecule has 0 saturated carbocycles. The molecule has 9 amide bonds. The monoisotopic (exact) mass is 1170 g/mol. The van der Waals surface area contributed by atoms with E-state index < -0.39 is 151 Å². The second kappa shape index (κ2) is 35.1. The van der Waals surface area contributed by atoms with Gasteiger partial charge in [0, 0.05) is 25.8 Å². The highest BCUT2D eigenvalue weighted by Gasteiger charge is 2.37. The molecular weight excluding hydrogens is 1090 g/mol. The van der Waals surface area contributed by atoms with Gasteiger partial charge >= 0.3 is 11.9 Å². The van der Waals surface area contributed by atoms with E-state index in [1.807, 2.05) is 0 Å². The topological polar surface area (TPSA) is 441 Å². The van der Waals surface area contributed by atoms with E-state index in [1.165, 1.54) is 0 Å². The van der Waals surface area contributed by atoms with Gasteiger partial charge in [-0.05, 0) is 66.5 Å². The minimum atomic E-state index is -1.86. The molecule has 0 spiro atoms. The zero-order chi connectivity index (χ0) is 62.6. The van der Waals surface area contributed by atoms with Gasteiger partial charge in [-0.15, -0.1) is 0 Å². The molecule has 9 atom stereocenters. The Balaban J connectivity index is 1.95. The third-order valence-electron chi connectivity index (χ3n) is 13.2. The van der Waals surface area contributed by atoms with E-state index >= 15 is 0 Å². The van der Waals surface area contributed by atoms with Crippen molar-refractivity contribution in [1.82, 2.24) is 42.5 Å². The molecule has 26 heteroatoms. The fourth-order valence-corrected chi connectivity index (χ4v) is 8.68. The lowest BCUT2D eigenvalue weighted by molar-refractivity contribution is -0.143. The number of carbonyl (C=O) groups excluding carboxylic acids is 9. The number of hydrogen-bond donors (Lipinski definition) is 14. The summed E-state index contributed by atoms with van der Waals surface area (Å²) >= 11 is 0. The third-order valence-corrected chi connectivity index (χ3v) is 13.2. The quantitative estimate of drug-likeness (QED) is 0.0192. The Morgan fingerprint density at radius 3 is 1.29 bits per heavy atom. The van der Waals surface area contributed by atoms with Crippen molar-refractivity contribution >= 4 is 71.1 Å². The number of nitrogens with zero attached hydrogens (tertiary/aromatic N) is 1. The highest BCUT2D eigenvalue weighted by molar-refractivity contribution is 5.99. The van der Waals surface area contributed by atoms with Gasteiger partial charge < -0.3 is 75.7 Å². The Morgan fingerprint density at radius 1 is 0.452 bits per heavy atom. The summed E-state index contributed by atoms with van der Waals surface area (Å²) < 4.78 is 0. The molecule has 0 unspecified atom stereocenters. The van der Waals surface area contributed by atoms with Crippen molar-refractivity contribution in [1.29, 1.82) is 0 Å². The van der Waals surface area contributed by atoms with E-state index in [1.54, 1.807) is 133 Å². The predicted octanol–water partition coefficient (Wildman–Crippen LogP) is -0.843. The highest BCUT2D eigenvalue weighted by atomic mass is 16.4. The molecule has 3 rings (SSSR count). The largest absolute Gasteiger partial charge is 0.481 e. The maximum absolute atomic E-state index is 14.5. The molecule has 458 valence electrons. The lowest BCUT2D eigenvalue weighted by Crippen LogP contribution is -2.61. The molecule has 0 fully saturated rings. The van der Waals surface area contributed by atoms with Crippen LogP contribution < -0.4 is 65.5 Å². The van der Waals surface area contributed by atoms with Crippen molar-refractivity contribution in [3.63, 3.8) is 0 Å². The number of nitrogens with two attached hydrogens (primary N) is 4. The van der Waals surface area contributed by atoms with Crippen molar-refractivity contribution in [2.75, 3.05) is 6.54 Å². The number of aliphatic imine (C=N–C) groups is 1. The van der Waals surface area contributed by atoms with Gasteiger partial charge in [0.1, 0.15) is 48.3 Å². The smallest absolute Gasteiger partial charge is 0.326 e. The SMILES string of the molecule is CC(C)C[C@H](NC(=O)[C@@H](N)Cc1ccccc1)C(=O)N[C@@H](CC(=O)O)C(=O)N[C@@H](CCC(N)=O)C(=O)N[C@@H](CCCN=C(N)N)C(=O)N[C@H](C(=O)N[C@@H](Cc1ccccc1)C(=O)N[C@@H](Cc1ccccc1)C(=O)N[C@H](C(=O)O)C(C)C)C(C)C. The van der Waals surface area contributed by atoms with E-state index in [2.05, 4.69) is 47.5 Å². The van der Waals surface area contributed by atoms with Crippen LogP contribution in [0.15, 0.2) is 96.0 Å². The zero-order valence-electron chi connectivity index (χ0n) is 48.3. The third kappa shape index (κ3) is 25.1. The Morgan fingerprint density at radius 2 is 0.833 bits per heavy atom. The summed E-state index contributed by atoms with van der Waals surface area (Å²) in [4.78, 5) is 153. The summed E-state index contributed by atoms with van der Waals surface area (Å²) in [5.41, 5.74) is 24.7. The lowest BCUT2D eigenvalue weighted by Gasteiger charge is -2.29. The van der Waals surface area contributed by atoms with Gasteiger partial charge in [-0.3, -0.25) is 52.9 Å². The molecule has 0 bridgehead atoms. The summed E-state index contributed by atoms with van der Waals surface area (Å²) in [6, 6.07) is 13.2. The van der Waals surface area contributed by atoms with Crippen LogP contribution in [0.5, 0.6) is 0 Å². The Kier molecular flexibility index (Phi) is 29.0. The standard InChI is InChI=1S/C58H83N13O13/c1-32(2)27-41(66-49(75)38(59)28-35-17-10-7-11-18-35)52(78)68-44(31-46(73)74)54(80)65-40(24-25-45(60)72)50(76)64-39(23-16-26-63-58(61)62)51(77)70-47(33(3)4)56(82)69-42(29-36-19-12-8-13-20-36)53(79)67-43(30-37-21-14-9-15-22-37)55(81)71-48(34(5)6)57(83)84/h7-15,17-22,32-34,38-44,47-48H,16,23-31,59H2,1-6H3,(H2,60,72)(H,64,76)(H,65,80)(H,66,75)(H,67,79)(H,68,78)(H,69,82)(H,70,77)(H,71,81)(H,73,74)(H,83,84)(H4,61,62,63)/t38-,39-,40-,41-,42-,43-,44-,47-,48-/m0/s1. The van der Waals surface area contributed by atoms with Crippen LogP contribution in [0, 0.1) is 17.8 Å². The first-order valence-electron chi connectivity index (χ1n) is 27.7.